The summed E-state index contributed by atoms with van der Waals surface area (Å²) in [5, 5.41) is 7.06. The van der Waals surface area contributed by atoms with E-state index in [1.165, 1.54) is 6.21 Å². The average Bonchev–Trinajstić information content (AvgIpc) is 3.09. The Morgan fingerprint density at radius 2 is 1.88 bits per heavy atom. The van der Waals surface area contributed by atoms with Crippen LogP contribution in [0.2, 0.25) is 10.0 Å². The summed E-state index contributed by atoms with van der Waals surface area (Å²) in [6.07, 6.45) is 1.32. The summed E-state index contributed by atoms with van der Waals surface area (Å²) < 4.78 is 10.5. The lowest BCUT2D eigenvalue weighted by molar-refractivity contribution is -0.139. The van der Waals surface area contributed by atoms with Crippen LogP contribution in [0.15, 0.2) is 41.5 Å². The van der Waals surface area contributed by atoms with Gasteiger partial charge in [-0.25, -0.2) is 5.43 Å². The van der Waals surface area contributed by atoms with Gasteiger partial charge in [-0.2, -0.15) is 5.10 Å². The Labute approximate surface area is 158 Å². The third kappa shape index (κ3) is 4.44. The molecule has 1 aliphatic rings. The highest BCUT2D eigenvalue weighted by atomic mass is 35.5. The summed E-state index contributed by atoms with van der Waals surface area (Å²) in [5.74, 6) is -0.465. The van der Waals surface area contributed by atoms with Crippen molar-refractivity contribution in [2.45, 2.75) is 6.54 Å². The zero-order valence-electron chi connectivity index (χ0n) is 13.3. The molecule has 0 radical (unpaired) electrons. The van der Waals surface area contributed by atoms with Crippen LogP contribution in [-0.2, 0) is 16.1 Å². The van der Waals surface area contributed by atoms with Gasteiger partial charge in [-0.3, -0.25) is 9.59 Å². The minimum Gasteiger partial charge on any atom is -0.454 e. The number of hydrogen-bond acceptors (Lipinski definition) is 5. The first kappa shape index (κ1) is 18.0. The van der Waals surface area contributed by atoms with Crippen LogP contribution in [0.4, 0.5) is 0 Å². The van der Waals surface area contributed by atoms with Crippen molar-refractivity contribution >= 4 is 41.2 Å². The lowest BCUT2D eigenvalue weighted by Crippen LogP contribution is -2.37. The Balaban J connectivity index is 1.50. The molecule has 2 amide bonds. The van der Waals surface area contributed by atoms with Gasteiger partial charge in [0, 0.05) is 17.1 Å². The number of carbonyl (C=O) groups is 2. The third-order valence-electron chi connectivity index (χ3n) is 3.43. The fraction of sp³-hybridized carbons (Fsp3) is 0.118. The molecule has 3 rings (SSSR count). The number of nitrogens with zero attached hydrogens (tertiary/aromatic N) is 1. The number of nitrogens with one attached hydrogen (secondary N) is 2. The molecule has 134 valence electrons. The highest BCUT2D eigenvalue weighted by Gasteiger charge is 2.15. The minimum atomic E-state index is -0.896. The molecule has 1 aliphatic heterocycles. The van der Waals surface area contributed by atoms with Crippen molar-refractivity contribution in [1.29, 1.82) is 0 Å². The Morgan fingerprint density at radius 3 is 2.69 bits per heavy atom. The molecular formula is C17H13Cl2N3O4. The Morgan fingerprint density at radius 1 is 1.08 bits per heavy atom. The Kier molecular flexibility index (Phi) is 5.60. The van der Waals surface area contributed by atoms with Crippen molar-refractivity contribution in [2.24, 2.45) is 5.10 Å². The molecule has 9 heteroatoms. The normalized spacial score (nSPS) is 12.2. The van der Waals surface area contributed by atoms with Crippen LogP contribution >= 0.6 is 23.2 Å². The molecule has 0 aromatic heterocycles. The summed E-state index contributed by atoms with van der Waals surface area (Å²) in [5.41, 5.74) is 3.46. The molecule has 2 N–H and O–H groups in total. The van der Waals surface area contributed by atoms with Gasteiger partial charge in [0.05, 0.1) is 11.2 Å². The number of ether oxygens (including phenoxy) is 2. The zero-order chi connectivity index (χ0) is 18.5. The first-order valence-corrected chi connectivity index (χ1v) is 8.23. The lowest BCUT2D eigenvalue weighted by Gasteiger charge is -2.05. The number of rotatable bonds is 4. The van der Waals surface area contributed by atoms with E-state index in [0.717, 1.165) is 5.56 Å². The maximum absolute atomic E-state index is 11.8. The highest BCUT2D eigenvalue weighted by molar-refractivity contribution is 6.36. The number of amides is 2. The number of hydrogen-bond donors (Lipinski definition) is 2. The second kappa shape index (κ2) is 8.07. The molecule has 0 saturated carbocycles. The van der Waals surface area contributed by atoms with Gasteiger partial charge < -0.3 is 14.8 Å². The predicted molar refractivity (Wildman–Crippen MR) is 96.6 cm³/mol. The van der Waals surface area contributed by atoms with E-state index in [2.05, 4.69) is 15.8 Å². The second-order valence-electron chi connectivity index (χ2n) is 5.24. The van der Waals surface area contributed by atoms with Gasteiger partial charge in [-0.1, -0.05) is 35.3 Å². The molecule has 0 spiro atoms. The van der Waals surface area contributed by atoms with Crippen molar-refractivity contribution in [3.63, 3.8) is 0 Å². The SMILES string of the molecule is O=C(NCc1ccc2c(c1)OCO2)C(=O)N/N=C\c1ccc(Cl)cc1Cl. The molecule has 1 heterocycles. The van der Waals surface area contributed by atoms with E-state index in [-0.39, 0.29) is 13.3 Å². The van der Waals surface area contributed by atoms with Crippen LogP contribution in [0, 0.1) is 0 Å². The quantitative estimate of drug-likeness (QED) is 0.474. The second-order valence-corrected chi connectivity index (χ2v) is 6.08. The smallest absolute Gasteiger partial charge is 0.329 e. The van der Waals surface area contributed by atoms with E-state index in [4.69, 9.17) is 32.7 Å². The van der Waals surface area contributed by atoms with Crippen LogP contribution in [-0.4, -0.2) is 24.8 Å². The molecule has 2 aromatic rings. The Hall–Kier alpha value is -2.77. The van der Waals surface area contributed by atoms with E-state index < -0.39 is 11.8 Å². The van der Waals surface area contributed by atoms with Gasteiger partial charge in [0.15, 0.2) is 11.5 Å². The minimum absolute atomic E-state index is 0.162. The summed E-state index contributed by atoms with van der Waals surface area (Å²) >= 11 is 11.8. The average molecular weight is 394 g/mol. The fourth-order valence-electron chi connectivity index (χ4n) is 2.13. The molecule has 0 bridgehead atoms. The number of hydrazone groups is 1. The first-order chi connectivity index (χ1) is 12.5. The third-order valence-corrected chi connectivity index (χ3v) is 3.99. The molecule has 0 unspecified atom stereocenters. The Bertz CT molecular complexity index is 886. The number of carbonyl (C=O) groups excluding carboxylic acids is 2. The fourth-order valence-corrected chi connectivity index (χ4v) is 2.59. The van der Waals surface area contributed by atoms with Gasteiger partial charge >= 0.3 is 11.8 Å². The monoisotopic (exact) mass is 393 g/mol. The van der Waals surface area contributed by atoms with Crippen molar-refractivity contribution in [3.8, 4) is 11.5 Å². The van der Waals surface area contributed by atoms with E-state index in [1.54, 1.807) is 36.4 Å². The van der Waals surface area contributed by atoms with Crippen LogP contribution < -0.4 is 20.2 Å². The van der Waals surface area contributed by atoms with Crippen molar-refractivity contribution in [3.05, 3.63) is 57.6 Å². The number of benzene rings is 2. The maximum atomic E-state index is 11.8. The molecule has 7 nitrogen and oxygen atoms in total. The molecule has 26 heavy (non-hydrogen) atoms. The molecule has 0 saturated heterocycles. The van der Waals surface area contributed by atoms with Crippen LogP contribution in [0.3, 0.4) is 0 Å². The molecule has 0 aliphatic carbocycles. The summed E-state index contributed by atoms with van der Waals surface area (Å²) in [4.78, 5) is 23.6. The van der Waals surface area contributed by atoms with Crippen LogP contribution in [0.1, 0.15) is 11.1 Å². The molecule has 0 fully saturated rings. The summed E-state index contributed by atoms with van der Waals surface area (Å²) in [6, 6.07) is 10.1. The standard InChI is InChI=1S/C17H13Cl2N3O4/c18-12-3-2-11(13(19)6-12)8-21-22-17(24)16(23)20-7-10-1-4-14-15(5-10)26-9-25-14/h1-6,8H,7,9H2,(H,20,23)(H,22,24)/b21-8-. The summed E-state index contributed by atoms with van der Waals surface area (Å²) in [6.45, 7) is 0.332. The lowest BCUT2D eigenvalue weighted by atomic mass is 10.2. The van der Waals surface area contributed by atoms with E-state index in [0.29, 0.717) is 27.1 Å². The van der Waals surface area contributed by atoms with Crippen LogP contribution in [0.5, 0.6) is 11.5 Å². The molecular weight excluding hydrogens is 381 g/mol. The maximum Gasteiger partial charge on any atom is 0.329 e. The summed E-state index contributed by atoms with van der Waals surface area (Å²) in [7, 11) is 0. The van der Waals surface area contributed by atoms with E-state index >= 15 is 0 Å². The topological polar surface area (TPSA) is 89.0 Å². The number of halogens is 2. The highest BCUT2D eigenvalue weighted by Crippen LogP contribution is 2.32. The van der Waals surface area contributed by atoms with Crippen LogP contribution in [0.25, 0.3) is 0 Å². The van der Waals surface area contributed by atoms with E-state index in [1.807, 2.05) is 0 Å². The largest absolute Gasteiger partial charge is 0.454 e. The van der Waals surface area contributed by atoms with Crippen molar-refractivity contribution in [2.75, 3.05) is 6.79 Å². The van der Waals surface area contributed by atoms with Gasteiger partial charge in [0.2, 0.25) is 6.79 Å². The number of fused-ring (bicyclic) bond motifs is 1. The zero-order valence-corrected chi connectivity index (χ0v) is 14.8. The van der Waals surface area contributed by atoms with Gasteiger partial charge in [-0.05, 0) is 29.8 Å². The molecule has 0 atom stereocenters. The van der Waals surface area contributed by atoms with Gasteiger partial charge in [-0.15, -0.1) is 0 Å². The predicted octanol–water partition coefficient (Wildman–Crippen LogP) is 2.49. The van der Waals surface area contributed by atoms with Crippen molar-refractivity contribution in [1.82, 2.24) is 10.7 Å². The van der Waals surface area contributed by atoms with E-state index in [9.17, 15) is 9.59 Å². The first-order valence-electron chi connectivity index (χ1n) is 7.48. The van der Waals surface area contributed by atoms with Crippen molar-refractivity contribution < 1.29 is 19.1 Å². The van der Waals surface area contributed by atoms with Gasteiger partial charge in [0.25, 0.3) is 0 Å². The molecule has 2 aromatic carbocycles. The van der Waals surface area contributed by atoms with Gasteiger partial charge in [0.1, 0.15) is 0 Å².